The molecule has 1 aliphatic rings. The van der Waals surface area contributed by atoms with E-state index in [0.717, 1.165) is 29.2 Å². The fourth-order valence-electron chi connectivity index (χ4n) is 1.78. The smallest absolute Gasteiger partial charge is 0.124 e. The van der Waals surface area contributed by atoms with Crippen LogP contribution in [0, 0.1) is 6.92 Å². The van der Waals surface area contributed by atoms with Gasteiger partial charge in [0.15, 0.2) is 0 Å². The number of benzene rings is 1. The number of hydrogen-bond acceptors (Lipinski definition) is 2. The normalized spacial score (nSPS) is 24.7. The van der Waals surface area contributed by atoms with Gasteiger partial charge in [0.1, 0.15) is 11.9 Å². The second kappa shape index (κ2) is 4.42. The predicted molar refractivity (Wildman–Crippen MR) is 62.7 cm³/mol. The molecule has 2 rings (SSSR count). The molecule has 0 atom stereocenters. The Morgan fingerprint density at radius 2 is 2.13 bits per heavy atom. The molecule has 82 valence electrons. The minimum Gasteiger partial charge on any atom is -0.490 e. The van der Waals surface area contributed by atoms with Crippen LogP contribution >= 0.6 is 11.6 Å². The first kappa shape index (κ1) is 10.8. The molecule has 0 radical (unpaired) electrons. The summed E-state index contributed by atoms with van der Waals surface area (Å²) in [6.07, 6.45) is 2.52. The molecule has 1 saturated carbocycles. The third kappa shape index (κ3) is 2.44. The van der Waals surface area contributed by atoms with Gasteiger partial charge in [-0.3, -0.25) is 0 Å². The van der Waals surface area contributed by atoms with E-state index in [9.17, 15) is 0 Å². The van der Waals surface area contributed by atoms with E-state index in [-0.39, 0.29) is 0 Å². The lowest BCUT2D eigenvalue weighted by atomic mass is 9.89. The van der Waals surface area contributed by atoms with Crippen LogP contribution in [0.2, 0.25) is 5.02 Å². The fraction of sp³-hybridized carbons (Fsp3) is 0.500. The first-order chi connectivity index (χ1) is 7.19. The van der Waals surface area contributed by atoms with Gasteiger partial charge in [-0.2, -0.15) is 0 Å². The van der Waals surface area contributed by atoms with E-state index in [0.29, 0.717) is 12.1 Å². The lowest BCUT2D eigenvalue weighted by Gasteiger charge is -2.35. The van der Waals surface area contributed by atoms with Crippen LogP contribution in [0.15, 0.2) is 18.2 Å². The second-order valence-electron chi connectivity index (χ2n) is 4.11. The molecule has 0 heterocycles. The topological polar surface area (TPSA) is 21.3 Å². The van der Waals surface area contributed by atoms with E-state index >= 15 is 0 Å². The first-order valence-electron chi connectivity index (χ1n) is 5.29. The number of rotatable bonds is 3. The van der Waals surface area contributed by atoms with Gasteiger partial charge in [-0.25, -0.2) is 0 Å². The van der Waals surface area contributed by atoms with E-state index in [2.05, 4.69) is 5.32 Å². The largest absolute Gasteiger partial charge is 0.490 e. The lowest BCUT2D eigenvalue weighted by molar-refractivity contribution is 0.0878. The molecule has 3 heteroatoms. The van der Waals surface area contributed by atoms with Crippen molar-refractivity contribution in [3.8, 4) is 5.75 Å². The Labute approximate surface area is 95.6 Å². The molecule has 0 aromatic heterocycles. The summed E-state index contributed by atoms with van der Waals surface area (Å²) in [5.74, 6) is 0.919. The molecule has 15 heavy (non-hydrogen) atoms. The summed E-state index contributed by atoms with van der Waals surface area (Å²) in [5.41, 5.74) is 1.15. The zero-order valence-corrected chi connectivity index (χ0v) is 9.84. The average molecular weight is 226 g/mol. The monoisotopic (exact) mass is 225 g/mol. The van der Waals surface area contributed by atoms with Gasteiger partial charge >= 0.3 is 0 Å². The van der Waals surface area contributed by atoms with Crippen molar-refractivity contribution in [1.82, 2.24) is 5.32 Å². The van der Waals surface area contributed by atoms with Crippen LogP contribution in [-0.2, 0) is 0 Å². The molecule has 0 bridgehead atoms. The van der Waals surface area contributed by atoms with E-state index in [1.165, 1.54) is 0 Å². The second-order valence-corrected chi connectivity index (χ2v) is 4.54. The molecular weight excluding hydrogens is 210 g/mol. The Bertz CT molecular complexity index is 347. The number of nitrogens with one attached hydrogen (secondary N) is 1. The van der Waals surface area contributed by atoms with Crippen molar-refractivity contribution in [3.63, 3.8) is 0 Å². The number of ether oxygens (including phenoxy) is 1. The Morgan fingerprint density at radius 1 is 1.40 bits per heavy atom. The Balaban J connectivity index is 1.97. The summed E-state index contributed by atoms with van der Waals surface area (Å²) in [4.78, 5) is 0. The minimum absolute atomic E-state index is 0.347. The Morgan fingerprint density at radius 3 is 2.80 bits per heavy atom. The Hall–Kier alpha value is -0.730. The van der Waals surface area contributed by atoms with Crippen LogP contribution < -0.4 is 10.1 Å². The van der Waals surface area contributed by atoms with Crippen LogP contribution in [0.5, 0.6) is 5.75 Å². The lowest BCUT2D eigenvalue weighted by Crippen LogP contribution is -2.45. The summed E-state index contributed by atoms with van der Waals surface area (Å²) >= 11 is 5.93. The molecule has 2 nitrogen and oxygen atoms in total. The van der Waals surface area contributed by atoms with Crippen molar-refractivity contribution in [2.45, 2.75) is 31.9 Å². The van der Waals surface area contributed by atoms with E-state index in [1.807, 2.05) is 32.2 Å². The molecular formula is C12H16ClNO. The maximum Gasteiger partial charge on any atom is 0.124 e. The molecule has 1 N–H and O–H groups in total. The molecule has 0 amide bonds. The van der Waals surface area contributed by atoms with Crippen molar-refractivity contribution in [1.29, 1.82) is 0 Å². The van der Waals surface area contributed by atoms with Crippen molar-refractivity contribution in [2.75, 3.05) is 7.05 Å². The molecule has 1 aromatic carbocycles. The van der Waals surface area contributed by atoms with Gasteiger partial charge in [-0.05, 0) is 44.5 Å². The third-order valence-corrected chi connectivity index (χ3v) is 3.18. The summed E-state index contributed by atoms with van der Waals surface area (Å²) < 4.78 is 5.87. The zero-order chi connectivity index (χ0) is 10.8. The van der Waals surface area contributed by atoms with Crippen LogP contribution in [0.3, 0.4) is 0 Å². The maximum atomic E-state index is 5.93. The van der Waals surface area contributed by atoms with E-state index < -0.39 is 0 Å². The summed E-state index contributed by atoms with van der Waals surface area (Å²) in [5, 5.41) is 3.97. The summed E-state index contributed by atoms with van der Waals surface area (Å²) in [6.45, 7) is 2.04. The zero-order valence-electron chi connectivity index (χ0n) is 9.09. The van der Waals surface area contributed by atoms with Crippen LogP contribution in [0.1, 0.15) is 18.4 Å². The van der Waals surface area contributed by atoms with Crippen molar-refractivity contribution >= 4 is 11.6 Å². The number of aryl methyl sites for hydroxylation is 1. The van der Waals surface area contributed by atoms with Gasteiger partial charge in [-0.1, -0.05) is 17.7 Å². The standard InChI is InChI=1S/C12H16ClNO/c1-8-3-4-9(13)5-12(8)15-11-6-10(7-11)14-2/h3-5,10-11,14H,6-7H2,1-2H3. The predicted octanol–water partition coefficient (Wildman–Crippen LogP) is 2.78. The van der Waals surface area contributed by atoms with Gasteiger partial charge < -0.3 is 10.1 Å². The highest BCUT2D eigenvalue weighted by atomic mass is 35.5. The summed E-state index contributed by atoms with van der Waals surface area (Å²) in [6, 6.07) is 6.39. The summed E-state index contributed by atoms with van der Waals surface area (Å²) in [7, 11) is 1.99. The Kier molecular flexibility index (Phi) is 3.17. The maximum absolute atomic E-state index is 5.93. The third-order valence-electron chi connectivity index (χ3n) is 2.95. The van der Waals surface area contributed by atoms with Gasteiger partial charge in [-0.15, -0.1) is 0 Å². The molecule has 1 aliphatic carbocycles. The molecule has 1 fully saturated rings. The van der Waals surface area contributed by atoms with E-state index in [4.69, 9.17) is 16.3 Å². The quantitative estimate of drug-likeness (QED) is 0.854. The average Bonchev–Trinajstić information content (AvgIpc) is 2.16. The van der Waals surface area contributed by atoms with Crippen LogP contribution in [0.25, 0.3) is 0 Å². The molecule has 0 saturated heterocycles. The highest BCUT2D eigenvalue weighted by Gasteiger charge is 2.29. The fourth-order valence-corrected chi connectivity index (χ4v) is 1.94. The van der Waals surface area contributed by atoms with Crippen LogP contribution in [-0.4, -0.2) is 19.2 Å². The van der Waals surface area contributed by atoms with Crippen molar-refractivity contribution < 1.29 is 4.74 Å². The molecule has 0 spiro atoms. The first-order valence-corrected chi connectivity index (χ1v) is 5.67. The highest BCUT2D eigenvalue weighted by Crippen LogP contribution is 2.29. The number of halogens is 1. The molecule has 0 aliphatic heterocycles. The van der Waals surface area contributed by atoms with Gasteiger partial charge in [0.05, 0.1) is 0 Å². The minimum atomic E-state index is 0.347. The van der Waals surface area contributed by atoms with Crippen LogP contribution in [0.4, 0.5) is 0 Å². The molecule has 0 unspecified atom stereocenters. The van der Waals surface area contributed by atoms with Gasteiger partial charge in [0.2, 0.25) is 0 Å². The van der Waals surface area contributed by atoms with Gasteiger partial charge in [0, 0.05) is 11.1 Å². The van der Waals surface area contributed by atoms with E-state index in [1.54, 1.807) is 0 Å². The SMILES string of the molecule is CNC1CC(Oc2cc(Cl)ccc2C)C1. The van der Waals surface area contributed by atoms with Gasteiger partial charge in [0.25, 0.3) is 0 Å². The highest BCUT2D eigenvalue weighted by molar-refractivity contribution is 6.30. The van der Waals surface area contributed by atoms with Crippen molar-refractivity contribution in [3.05, 3.63) is 28.8 Å². The molecule has 1 aromatic rings. The number of hydrogen-bond donors (Lipinski definition) is 1. The van der Waals surface area contributed by atoms with Crippen molar-refractivity contribution in [2.24, 2.45) is 0 Å².